The number of fused-ring (bicyclic) bond motifs is 5. The smallest absolute Gasteiger partial charge is 0.343 e. The van der Waals surface area contributed by atoms with E-state index in [0.29, 0.717) is 16.9 Å². The number of para-hydroxylation sites is 1. The molecular formula is C22H19N5O4S. The molecule has 1 atom stereocenters. The molecule has 0 amide bonds. The van der Waals surface area contributed by atoms with E-state index in [-0.39, 0.29) is 41.4 Å². The Labute approximate surface area is 187 Å². The predicted octanol–water partition coefficient (Wildman–Crippen LogP) is 1.25. The average molecular weight is 449 g/mol. The highest BCUT2D eigenvalue weighted by Gasteiger charge is 2.45. The van der Waals surface area contributed by atoms with Gasteiger partial charge in [-0.3, -0.25) is 10.2 Å². The van der Waals surface area contributed by atoms with E-state index in [9.17, 15) is 14.7 Å². The van der Waals surface area contributed by atoms with E-state index in [1.54, 1.807) is 23.8 Å². The third-order valence-electron chi connectivity index (χ3n) is 6.01. The minimum absolute atomic E-state index is 0.0342. The Hall–Kier alpha value is -3.63. The summed E-state index contributed by atoms with van der Waals surface area (Å²) < 4.78 is 6.71. The molecule has 32 heavy (non-hydrogen) atoms. The molecule has 3 aromatic rings. The maximum Gasteiger partial charge on any atom is 0.343 e. The van der Waals surface area contributed by atoms with Crippen molar-refractivity contribution in [1.29, 1.82) is 0 Å². The Morgan fingerprint density at radius 1 is 1.41 bits per heavy atom. The number of hydrogen-bond donors (Lipinski definition) is 3. The van der Waals surface area contributed by atoms with Crippen LogP contribution in [0.3, 0.4) is 0 Å². The second-order valence-corrected chi connectivity index (χ2v) is 8.15. The monoisotopic (exact) mass is 449 g/mol. The number of carbonyl (C=O) groups is 1. The van der Waals surface area contributed by atoms with Crippen LogP contribution in [0.5, 0.6) is 0 Å². The Morgan fingerprint density at radius 3 is 2.94 bits per heavy atom. The Bertz CT molecular complexity index is 1410. The van der Waals surface area contributed by atoms with E-state index in [1.165, 1.54) is 0 Å². The fourth-order valence-electron chi connectivity index (χ4n) is 4.37. The van der Waals surface area contributed by atoms with Crippen molar-refractivity contribution in [3.63, 3.8) is 0 Å². The molecule has 0 fully saturated rings. The van der Waals surface area contributed by atoms with Crippen molar-refractivity contribution in [2.75, 3.05) is 0 Å². The number of nitrogens with one attached hydrogen (secondary N) is 1. The van der Waals surface area contributed by atoms with Crippen LogP contribution >= 0.6 is 12.2 Å². The summed E-state index contributed by atoms with van der Waals surface area (Å²) in [6.45, 7) is 1.76. The molecule has 1 aromatic carbocycles. The lowest BCUT2D eigenvalue weighted by Gasteiger charge is -2.31. The van der Waals surface area contributed by atoms with Crippen LogP contribution in [-0.2, 0) is 28.3 Å². The summed E-state index contributed by atoms with van der Waals surface area (Å²) in [6.07, 6.45) is 1.69. The van der Waals surface area contributed by atoms with Gasteiger partial charge in [0.1, 0.15) is 6.61 Å². The molecule has 0 spiro atoms. The lowest BCUT2D eigenvalue weighted by atomic mass is 9.86. The molecule has 2 aliphatic rings. The first-order valence-corrected chi connectivity index (χ1v) is 10.4. The molecule has 4 N–H and O–H groups in total. The number of ether oxygens (including phenoxy) is 1. The number of nitrogens with two attached hydrogens (primary N) is 1. The van der Waals surface area contributed by atoms with E-state index in [2.05, 4.69) is 10.5 Å². The van der Waals surface area contributed by atoms with Gasteiger partial charge in [-0.1, -0.05) is 25.1 Å². The molecule has 162 valence electrons. The van der Waals surface area contributed by atoms with Crippen molar-refractivity contribution in [2.24, 2.45) is 10.8 Å². The van der Waals surface area contributed by atoms with E-state index < -0.39 is 11.6 Å². The SMILES string of the molecule is CCC1(O)C(=O)OCc2c1cc1n(c2=O)Cc2c-1nc1ccccc1c2C=NNC(N)=S. The van der Waals surface area contributed by atoms with Gasteiger partial charge in [0, 0.05) is 22.1 Å². The Balaban J connectivity index is 1.78. The molecule has 10 heteroatoms. The van der Waals surface area contributed by atoms with Crippen LogP contribution in [0.1, 0.15) is 35.6 Å². The van der Waals surface area contributed by atoms with Crippen molar-refractivity contribution in [1.82, 2.24) is 15.0 Å². The van der Waals surface area contributed by atoms with Crippen LogP contribution < -0.4 is 16.7 Å². The molecule has 5 rings (SSSR count). The van der Waals surface area contributed by atoms with Crippen LogP contribution in [0.4, 0.5) is 0 Å². The van der Waals surface area contributed by atoms with Gasteiger partial charge >= 0.3 is 5.97 Å². The van der Waals surface area contributed by atoms with Crippen molar-refractivity contribution >= 4 is 40.4 Å². The van der Waals surface area contributed by atoms with Gasteiger partial charge in [0.05, 0.1) is 35.2 Å². The van der Waals surface area contributed by atoms with Crippen LogP contribution in [0.25, 0.3) is 22.3 Å². The summed E-state index contributed by atoms with van der Waals surface area (Å²) in [5, 5.41) is 16.0. The number of aromatic nitrogens is 2. The van der Waals surface area contributed by atoms with Gasteiger partial charge in [0.25, 0.3) is 5.56 Å². The zero-order chi connectivity index (χ0) is 22.6. The minimum Gasteiger partial charge on any atom is -0.458 e. The summed E-state index contributed by atoms with van der Waals surface area (Å²) >= 11 is 4.82. The number of aliphatic hydroxyl groups is 1. The number of pyridine rings is 2. The Morgan fingerprint density at radius 2 is 2.19 bits per heavy atom. The Kier molecular flexibility index (Phi) is 4.57. The fraction of sp³-hybridized carbons (Fsp3) is 0.227. The zero-order valence-electron chi connectivity index (χ0n) is 17.1. The zero-order valence-corrected chi connectivity index (χ0v) is 17.9. The van der Waals surface area contributed by atoms with Crippen LogP contribution in [-0.4, -0.2) is 32.0 Å². The van der Waals surface area contributed by atoms with Crippen molar-refractivity contribution < 1.29 is 14.6 Å². The molecule has 4 heterocycles. The average Bonchev–Trinajstić information content (AvgIpc) is 3.15. The molecule has 0 aliphatic carbocycles. The second kappa shape index (κ2) is 7.21. The highest BCUT2D eigenvalue weighted by Crippen LogP contribution is 2.39. The summed E-state index contributed by atoms with van der Waals surface area (Å²) in [5.74, 6) is -0.752. The van der Waals surface area contributed by atoms with E-state index in [4.69, 9.17) is 27.7 Å². The summed E-state index contributed by atoms with van der Waals surface area (Å²) in [5.41, 5.74) is 9.81. The molecule has 0 bridgehead atoms. The molecule has 2 aromatic heterocycles. The largest absolute Gasteiger partial charge is 0.458 e. The molecule has 0 radical (unpaired) electrons. The number of esters is 1. The lowest BCUT2D eigenvalue weighted by Crippen LogP contribution is -2.44. The normalized spacial score (nSPS) is 18.9. The lowest BCUT2D eigenvalue weighted by molar-refractivity contribution is -0.172. The van der Waals surface area contributed by atoms with Crippen LogP contribution in [0, 0.1) is 0 Å². The maximum absolute atomic E-state index is 13.3. The molecule has 1 unspecified atom stereocenters. The van der Waals surface area contributed by atoms with Gasteiger partial charge in [-0.15, -0.1) is 0 Å². The highest BCUT2D eigenvalue weighted by atomic mass is 32.1. The molecular weight excluding hydrogens is 430 g/mol. The van der Waals surface area contributed by atoms with Gasteiger partial charge in [0.2, 0.25) is 0 Å². The number of benzene rings is 1. The van der Waals surface area contributed by atoms with Gasteiger partial charge in [0.15, 0.2) is 10.7 Å². The number of cyclic esters (lactones) is 1. The second-order valence-electron chi connectivity index (χ2n) is 7.71. The van der Waals surface area contributed by atoms with Gasteiger partial charge in [-0.05, 0) is 30.8 Å². The first kappa shape index (κ1) is 20.3. The first-order valence-electron chi connectivity index (χ1n) is 10.0. The highest BCUT2D eigenvalue weighted by molar-refractivity contribution is 7.80. The van der Waals surface area contributed by atoms with E-state index >= 15 is 0 Å². The topological polar surface area (TPSA) is 132 Å². The van der Waals surface area contributed by atoms with Crippen molar-refractivity contribution in [2.45, 2.75) is 32.1 Å². The minimum atomic E-state index is -1.87. The van der Waals surface area contributed by atoms with Gasteiger partial charge in [-0.25, -0.2) is 9.78 Å². The fourth-order valence-corrected chi connectivity index (χ4v) is 4.42. The van der Waals surface area contributed by atoms with E-state index in [0.717, 1.165) is 16.5 Å². The number of hydrogen-bond acceptors (Lipinski definition) is 7. The van der Waals surface area contributed by atoms with Crippen molar-refractivity contribution in [3.8, 4) is 11.4 Å². The number of nitrogens with zero attached hydrogens (tertiary/aromatic N) is 3. The number of carbonyl (C=O) groups excluding carboxylic acids is 1. The molecule has 9 nitrogen and oxygen atoms in total. The summed E-state index contributed by atoms with van der Waals surface area (Å²) in [6, 6.07) is 9.24. The van der Waals surface area contributed by atoms with E-state index in [1.807, 2.05) is 24.3 Å². The molecule has 2 aliphatic heterocycles. The third-order valence-corrected chi connectivity index (χ3v) is 6.10. The van der Waals surface area contributed by atoms with Gasteiger partial charge in [-0.2, -0.15) is 5.10 Å². The first-order chi connectivity index (χ1) is 15.3. The van der Waals surface area contributed by atoms with Crippen molar-refractivity contribution in [3.05, 3.63) is 62.9 Å². The van der Waals surface area contributed by atoms with Crippen LogP contribution in [0.15, 0.2) is 40.2 Å². The summed E-state index contributed by atoms with van der Waals surface area (Å²) in [4.78, 5) is 30.5. The predicted molar refractivity (Wildman–Crippen MR) is 122 cm³/mol. The standard InChI is InChI=1S/C22H19N5O4S/c1-2-22(30)15-7-17-18-13(9-27(17)19(28)14(15)10-31-20(22)29)12(8-24-26-21(23)32)11-5-3-4-6-16(11)25-18/h3-8,30H,2,9-10H2,1H3,(H3,23,26,32). The quantitative estimate of drug-likeness (QED) is 0.184. The van der Waals surface area contributed by atoms with Crippen LogP contribution in [0.2, 0.25) is 0 Å². The van der Waals surface area contributed by atoms with Gasteiger partial charge < -0.3 is 20.1 Å². The number of hydrazone groups is 1. The number of rotatable bonds is 3. The molecule has 0 saturated carbocycles. The number of thiocarbonyl (C=S) groups is 1. The maximum atomic E-state index is 13.3. The molecule has 0 saturated heterocycles. The summed E-state index contributed by atoms with van der Waals surface area (Å²) in [7, 11) is 0. The third kappa shape index (κ3) is 2.84.